The van der Waals surface area contributed by atoms with E-state index in [2.05, 4.69) is 26.1 Å². The zero-order valence-corrected chi connectivity index (χ0v) is 13.2. The molecule has 108 valence electrons. The van der Waals surface area contributed by atoms with Crippen LogP contribution in [-0.2, 0) is 0 Å². The monoisotopic (exact) mass is 352 g/mol. The predicted octanol–water partition coefficient (Wildman–Crippen LogP) is 4.76. The molecule has 0 spiro atoms. The van der Waals surface area contributed by atoms with Gasteiger partial charge in [0.05, 0.1) is 12.4 Å². The first-order valence-electron chi connectivity index (χ1n) is 6.77. The molecule has 0 heterocycles. The molecule has 0 saturated heterocycles. The van der Waals surface area contributed by atoms with Crippen LogP contribution in [0.1, 0.15) is 11.1 Å². The van der Waals surface area contributed by atoms with Crippen molar-refractivity contribution in [2.75, 3.05) is 0 Å². The molecule has 0 aromatic heterocycles. The van der Waals surface area contributed by atoms with Crippen LogP contribution in [0.4, 0.5) is 0 Å². The lowest BCUT2D eigenvalue weighted by Gasteiger charge is -2.03. The van der Waals surface area contributed by atoms with Gasteiger partial charge in [0.1, 0.15) is 5.75 Å². The molecule has 0 atom stereocenters. The van der Waals surface area contributed by atoms with Crippen molar-refractivity contribution >= 4 is 39.1 Å². The van der Waals surface area contributed by atoms with Crippen LogP contribution in [0, 0.1) is 0 Å². The van der Waals surface area contributed by atoms with Crippen molar-refractivity contribution in [3.05, 3.63) is 76.3 Å². The van der Waals surface area contributed by atoms with Gasteiger partial charge in [-0.2, -0.15) is 10.2 Å². The number of benzene rings is 3. The van der Waals surface area contributed by atoms with Crippen molar-refractivity contribution < 1.29 is 5.11 Å². The van der Waals surface area contributed by atoms with Gasteiger partial charge in [0.25, 0.3) is 0 Å². The van der Waals surface area contributed by atoms with Crippen molar-refractivity contribution in [3.63, 3.8) is 0 Å². The number of halogens is 1. The molecule has 3 aromatic carbocycles. The molecule has 1 N–H and O–H groups in total. The topological polar surface area (TPSA) is 45.0 Å². The van der Waals surface area contributed by atoms with Crippen LogP contribution in [0.2, 0.25) is 0 Å². The van der Waals surface area contributed by atoms with Gasteiger partial charge in [-0.3, -0.25) is 0 Å². The molecule has 4 heteroatoms. The predicted molar refractivity (Wildman–Crippen MR) is 94.9 cm³/mol. The Morgan fingerprint density at radius 2 is 1.55 bits per heavy atom. The molecule has 0 aliphatic carbocycles. The van der Waals surface area contributed by atoms with Gasteiger partial charge in [-0.25, -0.2) is 0 Å². The molecular formula is C18H13BrN2O. The summed E-state index contributed by atoms with van der Waals surface area (Å²) in [5.74, 6) is 0.196. The number of fused-ring (bicyclic) bond motifs is 1. The minimum atomic E-state index is 0.196. The first kappa shape index (κ1) is 14.5. The summed E-state index contributed by atoms with van der Waals surface area (Å²) in [7, 11) is 0. The summed E-state index contributed by atoms with van der Waals surface area (Å²) in [4.78, 5) is 0. The minimum Gasteiger partial charge on any atom is -0.507 e. The van der Waals surface area contributed by atoms with Crippen molar-refractivity contribution in [1.29, 1.82) is 0 Å². The van der Waals surface area contributed by atoms with E-state index in [9.17, 15) is 5.11 Å². The van der Waals surface area contributed by atoms with Crippen LogP contribution in [0.5, 0.6) is 5.75 Å². The Labute approximate surface area is 136 Å². The summed E-state index contributed by atoms with van der Waals surface area (Å²) in [6.45, 7) is 0. The Morgan fingerprint density at radius 1 is 0.818 bits per heavy atom. The average molecular weight is 353 g/mol. The Balaban J connectivity index is 1.86. The quantitative estimate of drug-likeness (QED) is 0.535. The standard InChI is InChI=1S/C18H13BrN2O/c19-15-8-5-13(6-9-15)11-20-21-12-17-16-4-2-1-3-14(16)7-10-18(17)22/h1-12,22H. The molecule has 0 aliphatic rings. The molecule has 0 bridgehead atoms. The minimum absolute atomic E-state index is 0.196. The Kier molecular flexibility index (Phi) is 4.30. The summed E-state index contributed by atoms with van der Waals surface area (Å²) in [5.41, 5.74) is 1.63. The molecule has 3 nitrogen and oxygen atoms in total. The third-order valence-electron chi connectivity index (χ3n) is 3.28. The summed E-state index contributed by atoms with van der Waals surface area (Å²) in [6, 6.07) is 19.2. The average Bonchev–Trinajstić information content (AvgIpc) is 2.55. The van der Waals surface area contributed by atoms with E-state index < -0.39 is 0 Å². The Morgan fingerprint density at radius 3 is 2.36 bits per heavy atom. The lowest BCUT2D eigenvalue weighted by atomic mass is 10.0. The maximum atomic E-state index is 10.0. The second kappa shape index (κ2) is 6.54. The first-order chi connectivity index (χ1) is 10.7. The molecule has 22 heavy (non-hydrogen) atoms. The zero-order valence-electron chi connectivity index (χ0n) is 11.6. The fourth-order valence-corrected chi connectivity index (χ4v) is 2.42. The van der Waals surface area contributed by atoms with E-state index in [1.54, 1.807) is 18.5 Å². The lowest BCUT2D eigenvalue weighted by Crippen LogP contribution is -1.86. The van der Waals surface area contributed by atoms with Gasteiger partial charge in [0, 0.05) is 10.0 Å². The molecule has 0 fully saturated rings. The Hall–Kier alpha value is -2.46. The van der Waals surface area contributed by atoms with Crippen molar-refractivity contribution in [2.24, 2.45) is 10.2 Å². The second-order valence-electron chi connectivity index (χ2n) is 4.76. The van der Waals surface area contributed by atoms with Crippen LogP contribution in [0.15, 0.2) is 75.3 Å². The first-order valence-corrected chi connectivity index (χ1v) is 7.56. The lowest BCUT2D eigenvalue weighted by molar-refractivity contribution is 0.475. The molecule has 0 unspecified atom stereocenters. The molecule has 0 amide bonds. The summed E-state index contributed by atoms with van der Waals surface area (Å²) >= 11 is 3.39. The van der Waals surface area contributed by atoms with Crippen LogP contribution in [-0.4, -0.2) is 17.5 Å². The van der Waals surface area contributed by atoms with Crippen molar-refractivity contribution in [3.8, 4) is 5.75 Å². The summed E-state index contributed by atoms with van der Waals surface area (Å²) in [5, 5.41) is 20.1. The van der Waals surface area contributed by atoms with E-state index in [0.717, 1.165) is 20.8 Å². The molecule has 3 aromatic rings. The van der Waals surface area contributed by atoms with Gasteiger partial charge in [-0.05, 0) is 34.5 Å². The van der Waals surface area contributed by atoms with Crippen LogP contribution in [0.25, 0.3) is 10.8 Å². The van der Waals surface area contributed by atoms with E-state index in [4.69, 9.17) is 0 Å². The fourth-order valence-electron chi connectivity index (χ4n) is 2.16. The molecule has 0 aliphatic heterocycles. The van der Waals surface area contributed by atoms with E-state index in [0.29, 0.717) is 5.56 Å². The maximum absolute atomic E-state index is 10.0. The second-order valence-corrected chi connectivity index (χ2v) is 5.68. The number of rotatable bonds is 3. The van der Waals surface area contributed by atoms with E-state index >= 15 is 0 Å². The fraction of sp³-hybridized carbons (Fsp3) is 0. The van der Waals surface area contributed by atoms with Gasteiger partial charge >= 0.3 is 0 Å². The zero-order chi connectivity index (χ0) is 15.4. The normalized spacial score (nSPS) is 11.7. The highest BCUT2D eigenvalue weighted by Crippen LogP contribution is 2.25. The number of hydrogen-bond acceptors (Lipinski definition) is 3. The van der Waals surface area contributed by atoms with Gasteiger partial charge < -0.3 is 5.11 Å². The smallest absolute Gasteiger partial charge is 0.125 e. The highest BCUT2D eigenvalue weighted by Gasteiger charge is 2.03. The largest absolute Gasteiger partial charge is 0.507 e. The Bertz CT molecular complexity index is 855. The third-order valence-corrected chi connectivity index (χ3v) is 3.81. The van der Waals surface area contributed by atoms with Crippen molar-refractivity contribution in [2.45, 2.75) is 0 Å². The summed E-state index contributed by atoms with van der Waals surface area (Å²) in [6.07, 6.45) is 3.25. The van der Waals surface area contributed by atoms with Gasteiger partial charge in [-0.15, -0.1) is 0 Å². The number of hydrogen-bond donors (Lipinski definition) is 1. The van der Waals surface area contributed by atoms with E-state index in [1.807, 2.05) is 54.6 Å². The van der Waals surface area contributed by atoms with Gasteiger partial charge in [0.15, 0.2) is 0 Å². The van der Waals surface area contributed by atoms with Gasteiger partial charge in [-0.1, -0.05) is 58.4 Å². The van der Waals surface area contributed by atoms with E-state index in [1.165, 1.54) is 0 Å². The molecule has 0 saturated carbocycles. The molecule has 0 radical (unpaired) electrons. The SMILES string of the molecule is Oc1ccc2ccccc2c1C=NN=Cc1ccc(Br)cc1. The molecular weight excluding hydrogens is 340 g/mol. The van der Waals surface area contributed by atoms with E-state index in [-0.39, 0.29) is 5.75 Å². The van der Waals surface area contributed by atoms with Crippen LogP contribution in [0.3, 0.4) is 0 Å². The van der Waals surface area contributed by atoms with Crippen LogP contribution < -0.4 is 0 Å². The number of aromatic hydroxyl groups is 1. The highest BCUT2D eigenvalue weighted by molar-refractivity contribution is 9.10. The molecule has 3 rings (SSSR count). The summed E-state index contributed by atoms with van der Waals surface area (Å²) < 4.78 is 1.02. The highest BCUT2D eigenvalue weighted by atomic mass is 79.9. The number of phenols is 1. The maximum Gasteiger partial charge on any atom is 0.125 e. The van der Waals surface area contributed by atoms with Crippen molar-refractivity contribution in [1.82, 2.24) is 0 Å². The number of nitrogens with zero attached hydrogens (tertiary/aromatic N) is 2. The van der Waals surface area contributed by atoms with Gasteiger partial charge in [0.2, 0.25) is 0 Å². The number of phenolic OH excluding ortho intramolecular Hbond substituents is 1. The third kappa shape index (κ3) is 3.23. The van der Waals surface area contributed by atoms with Crippen LogP contribution >= 0.6 is 15.9 Å².